The van der Waals surface area contributed by atoms with Crippen LogP contribution in [0, 0.1) is 13.8 Å². The van der Waals surface area contributed by atoms with Crippen LogP contribution in [0.25, 0.3) is 10.9 Å². The molecule has 3 rings (SSSR count). The van der Waals surface area contributed by atoms with Crippen molar-refractivity contribution in [1.29, 1.82) is 0 Å². The second kappa shape index (κ2) is 12.5. The number of alkyl halides is 3. The minimum atomic E-state index is -5.08. The molecule has 0 radical (unpaired) electrons. The lowest BCUT2D eigenvalue weighted by molar-refractivity contribution is -0.192. The summed E-state index contributed by atoms with van der Waals surface area (Å²) in [6.07, 6.45) is -4.91. The number of aryl methyl sites for hydroxylation is 2. The summed E-state index contributed by atoms with van der Waals surface area (Å²) in [5, 5.41) is 22.2. The van der Waals surface area contributed by atoms with Gasteiger partial charge in [0.2, 0.25) is 10.0 Å². The number of ether oxygens (including phenoxy) is 1. The summed E-state index contributed by atoms with van der Waals surface area (Å²) in [5.74, 6) is -1.99. The number of carboxylic acids is 1. The Labute approximate surface area is 216 Å². The summed E-state index contributed by atoms with van der Waals surface area (Å²) in [6, 6.07) is 10.6. The third kappa shape index (κ3) is 9.43. The van der Waals surface area contributed by atoms with Crippen molar-refractivity contribution < 1.29 is 41.3 Å². The summed E-state index contributed by atoms with van der Waals surface area (Å²) >= 11 is 6.15. The van der Waals surface area contributed by atoms with E-state index in [4.69, 9.17) is 26.2 Å². The number of benzene rings is 2. The molecule has 0 aliphatic carbocycles. The number of hydrogen-bond acceptors (Lipinski definition) is 6. The summed E-state index contributed by atoms with van der Waals surface area (Å²) in [5.41, 5.74) is 4.23. The molecule has 9 nitrogen and oxygen atoms in total. The highest BCUT2D eigenvalue weighted by molar-refractivity contribution is 7.92. The fourth-order valence-corrected chi connectivity index (χ4v) is 4.01. The Morgan fingerprint density at radius 1 is 1.19 bits per heavy atom. The zero-order valence-electron chi connectivity index (χ0n) is 20.1. The number of H-pyrrole nitrogens is 1. The number of rotatable bonds is 9. The standard InChI is InChI=1S/C21H26ClN3O4S.C2HF3O2/c1-13-14(2)24-20-11-16(5-6-17(13)20)29-9-8-23-12-21(26)18-10-15(4-7-19(18)22)25-30(3,27)28;3-2(4,5)1(6)7/h4-7,10-11,21,23-26H,8-9,12H2,1-3H3;(H,6,7). The van der Waals surface area contributed by atoms with E-state index in [0.29, 0.717) is 29.4 Å². The van der Waals surface area contributed by atoms with Gasteiger partial charge in [-0.2, -0.15) is 13.2 Å². The van der Waals surface area contributed by atoms with E-state index in [2.05, 4.69) is 21.9 Å². The van der Waals surface area contributed by atoms with E-state index in [-0.39, 0.29) is 6.54 Å². The fourth-order valence-electron chi connectivity index (χ4n) is 3.21. The molecule has 0 saturated heterocycles. The molecule has 1 atom stereocenters. The summed E-state index contributed by atoms with van der Waals surface area (Å²) in [6.45, 7) is 5.34. The third-order valence-electron chi connectivity index (χ3n) is 5.07. The molecule has 0 saturated carbocycles. The predicted molar refractivity (Wildman–Crippen MR) is 135 cm³/mol. The summed E-state index contributed by atoms with van der Waals surface area (Å²) in [7, 11) is -3.41. The van der Waals surface area contributed by atoms with Crippen LogP contribution in [0.15, 0.2) is 36.4 Å². The van der Waals surface area contributed by atoms with Crippen LogP contribution in [0.1, 0.15) is 22.9 Å². The molecule has 0 fully saturated rings. The van der Waals surface area contributed by atoms with Gasteiger partial charge in [0, 0.05) is 52.0 Å². The van der Waals surface area contributed by atoms with Crippen molar-refractivity contribution in [2.45, 2.75) is 26.1 Å². The van der Waals surface area contributed by atoms with Crippen molar-refractivity contribution in [2.24, 2.45) is 0 Å². The van der Waals surface area contributed by atoms with E-state index in [9.17, 15) is 26.7 Å². The van der Waals surface area contributed by atoms with Crippen molar-refractivity contribution in [2.75, 3.05) is 30.7 Å². The third-order valence-corrected chi connectivity index (χ3v) is 6.02. The molecule has 37 heavy (non-hydrogen) atoms. The predicted octanol–water partition coefficient (Wildman–Crippen LogP) is 4.14. The van der Waals surface area contributed by atoms with Gasteiger partial charge in [-0.1, -0.05) is 11.6 Å². The molecule has 5 N–H and O–H groups in total. The average molecular weight is 566 g/mol. The number of sulfonamides is 1. The van der Waals surface area contributed by atoms with Gasteiger partial charge in [-0.15, -0.1) is 0 Å². The number of aromatic amines is 1. The van der Waals surface area contributed by atoms with Crippen LogP contribution in [0.3, 0.4) is 0 Å². The number of nitrogens with one attached hydrogen (secondary N) is 3. The minimum Gasteiger partial charge on any atom is -0.492 e. The molecular weight excluding hydrogens is 539 g/mol. The van der Waals surface area contributed by atoms with Gasteiger partial charge in [0.05, 0.1) is 12.4 Å². The molecule has 204 valence electrons. The van der Waals surface area contributed by atoms with Crippen LogP contribution in [-0.2, 0) is 14.8 Å². The number of carbonyl (C=O) groups is 1. The molecule has 0 amide bonds. The van der Waals surface area contributed by atoms with Gasteiger partial charge in [0.15, 0.2) is 0 Å². The van der Waals surface area contributed by atoms with Crippen molar-refractivity contribution in [3.63, 3.8) is 0 Å². The molecule has 0 aliphatic rings. The van der Waals surface area contributed by atoms with Crippen LogP contribution in [0.2, 0.25) is 5.02 Å². The first-order chi connectivity index (χ1) is 17.1. The van der Waals surface area contributed by atoms with E-state index in [1.54, 1.807) is 12.1 Å². The van der Waals surface area contributed by atoms with E-state index < -0.39 is 28.3 Å². The lowest BCUT2D eigenvalue weighted by atomic mass is 10.1. The molecule has 0 bridgehead atoms. The first-order valence-corrected chi connectivity index (χ1v) is 13.0. The van der Waals surface area contributed by atoms with Crippen molar-refractivity contribution in [3.8, 4) is 5.75 Å². The molecule has 1 unspecified atom stereocenters. The molecule has 0 spiro atoms. The van der Waals surface area contributed by atoms with Crippen LogP contribution < -0.4 is 14.8 Å². The number of aliphatic hydroxyl groups is 1. The monoisotopic (exact) mass is 565 g/mol. The Morgan fingerprint density at radius 3 is 2.43 bits per heavy atom. The Bertz CT molecular complexity index is 1350. The average Bonchev–Trinajstić information content (AvgIpc) is 3.06. The van der Waals surface area contributed by atoms with Gasteiger partial charge in [0.1, 0.15) is 12.4 Å². The number of aliphatic hydroxyl groups excluding tert-OH is 1. The van der Waals surface area contributed by atoms with Crippen molar-refractivity contribution >= 4 is 44.2 Å². The zero-order chi connectivity index (χ0) is 28.0. The smallest absolute Gasteiger partial charge is 0.490 e. The van der Waals surface area contributed by atoms with Gasteiger partial charge in [-0.25, -0.2) is 13.2 Å². The van der Waals surface area contributed by atoms with E-state index in [0.717, 1.165) is 23.2 Å². The molecule has 14 heteroatoms. The van der Waals surface area contributed by atoms with Gasteiger partial charge in [0.25, 0.3) is 0 Å². The highest BCUT2D eigenvalue weighted by atomic mass is 35.5. The van der Waals surface area contributed by atoms with E-state index in [1.807, 2.05) is 25.1 Å². The van der Waals surface area contributed by atoms with Gasteiger partial charge < -0.3 is 25.3 Å². The Balaban J connectivity index is 0.000000604. The van der Waals surface area contributed by atoms with Gasteiger partial charge in [-0.3, -0.25) is 4.72 Å². The molecule has 3 aromatic rings. The van der Waals surface area contributed by atoms with Crippen molar-refractivity contribution in [1.82, 2.24) is 10.3 Å². The molecule has 1 aromatic heterocycles. The summed E-state index contributed by atoms with van der Waals surface area (Å²) < 4.78 is 62.7. The van der Waals surface area contributed by atoms with Crippen LogP contribution in [-0.4, -0.2) is 61.7 Å². The lowest BCUT2D eigenvalue weighted by Crippen LogP contribution is -2.26. The molecular formula is C23H27ClF3N3O6S. The number of aromatic nitrogens is 1. The zero-order valence-corrected chi connectivity index (χ0v) is 21.7. The quantitative estimate of drug-likeness (QED) is 0.246. The number of aliphatic carboxylic acids is 1. The molecule has 0 aliphatic heterocycles. The Morgan fingerprint density at radius 2 is 1.84 bits per heavy atom. The van der Waals surface area contributed by atoms with Crippen LogP contribution in [0.5, 0.6) is 5.75 Å². The molecule has 2 aromatic carbocycles. The highest BCUT2D eigenvalue weighted by Gasteiger charge is 2.38. The number of carboxylic acid groups (broad SMARTS) is 1. The first kappa shape index (κ1) is 30.2. The van der Waals surface area contributed by atoms with Crippen molar-refractivity contribution in [3.05, 3.63) is 58.2 Å². The normalized spacial score (nSPS) is 12.5. The lowest BCUT2D eigenvalue weighted by Gasteiger charge is -2.15. The van der Waals surface area contributed by atoms with E-state index in [1.165, 1.54) is 17.0 Å². The first-order valence-electron chi connectivity index (χ1n) is 10.8. The highest BCUT2D eigenvalue weighted by Crippen LogP contribution is 2.27. The van der Waals surface area contributed by atoms with Gasteiger partial charge in [-0.05, 0) is 49.7 Å². The number of halogens is 4. The maximum atomic E-state index is 11.4. The largest absolute Gasteiger partial charge is 0.492 e. The second-order valence-electron chi connectivity index (χ2n) is 8.06. The molecule has 1 heterocycles. The minimum absolute atomic E-state index is 0.249. The maximum absolute atomic E-state index is 11.4. The van der Waals surface area contributed by atoms with Gasteiger partial charge >= 0.3 is 12.1 Å². The summed E-state index contributed by atoms with van der Waals surface area (Å²) in [4.78, 5) is 12.2. The Kier molecular flexibility index (Phi) is 10.2. The fraction of sp³-hybridized carbons (Fsp3) is 0.348. The number of fused-ring (bicyclic) bond motifs is 1. The van der Waals surface area contributed by atoms with Crippen LogP contribution >= 0.6 is 11.6 Å². The topological polar surface area (TPSA) is 141 Å². The van der Waals surface area contributed by atoms with E-state index >= 15 is 0 Å². The Hall–Kier alpha value is -3.00. The second-order valence-corrected chi connectivity index (χ2v) is 10.2. The SMILES string of the molecule is Cc1[nH]c2cc(OCCNCC(O)c3cc(NS(C)(=O)=O)ccc3Cl)ccc2c1C.O=C(O)C(F)(F)F. The maximum Gasteiger partial charge on any atom is 0.490 e. The van der Waals surface area contributed by atoms with Crippen LogP contribution in [0.4, 0.5) is 18.9 Å². The number of anilines is 1. The number of hydrogen-bond donors (Lipinski definition) is 5.